The normalized spacial score (nSPS) is 15.3. The fourth-order valence-electron chi connectivity index (χ4n) is 3.83. The zero-order valence-corrected chi connectivity index (χ0v) is 19.1. The molecule has 1 aromatic heterocycles. The lowest BCUT2D eigenvalue weighted by Crippen LogP contribution is -2.48. The predicted molar refractivity (Wildman–Crippen MR) is 125 cm³/mol. The molecule has 2 heterocycles. The number of carbonyl (C=O) groups is 2. The van der Waals surface area contributed by atoms with E-state index >= 15 is 0 Å². The molecule has 1 amide bonds. The van der Waals surface area contributed by atoms with Crippen LogP contribution in [0.4, 0.5) is 24.0 Å². The van der Waals surface area contributed by atoms with Gasteiger partial charge in [0.2, 0.25) is 5.13 Å². The van der Waals surface area contributed by atoms with Crippen molar-refractivity contribution in [2.75, 3.05) is 36.1 Å². The summed E-state index contributed by atoms with van der Waals surface area (Å²) in [6, 6.07) is 16.6. The number of amides is 1. The first-order valence-corrected chi connectivity index (χ1v) is 11.3. The zero-order valence-electron chi connectivity index (χ0n) is 18.2. The number of anilines is 2. The number of piperazine rings is 1. The minimum Gasteiger partial charge on any atom is -0.371 e. The molecule has 1 aliphatic rings. The van der Waals surface area contributed by atoms with Crippen molar-refractivity contribution < 1.29 is 22.8 Å². The molecule has 0 unspecified atom stereocenters. The minimum atomic E-state index is -5.23. The van der Waals surface area contributed by atoms with Gasteiger partial charge in [0, 0.05) is 37.6 Å². The fraction of sp³-hybridized carbons (Fsp3) is 0.261. The van der Waals surface area contributed by atoms with Gasteiger partial charge in [-0.1, -0.05) is 41.7 Å². The summed E-state index contributed by atoms with van der Waals surface area (Å²) in [6.45, 7) is 3.07. The van der Waals surface area contributed by atoms with Gasteiger partial charge in [-0.15, -0.1) is 0 Å². The Morgan fingerprint density at radius 3 is 2.24 bits per heavy atom. The molecule has 3 aromatic rings. The van der Waals surface area contributed by atoms with E-state index in [4.69, 9.17) is 5.84 Å². The Labute approximate surface area is 197 Å². The molecule has 178 valence electrons. The molecule has 0 spiro atoms. The lowest BCUT2D eigenvalue weighted by molar-refractivity contribution is -0.167. The number of carbonyl (C=O) groups excluding carboxylic acids is 2. The average molecular weight is 490 g/mol. The molecular formula is C23H22F3N5O2S. The Morgan fingerprint density at radius 2 is 1.62 bits per heavy atom. The maximum atomic E-state index is 13.5. The number of nitrogens with zero attached hydrogens (tertiary/aromatic N) is 4. The summed E-state index contributed by atoms with van der Waals surface area (Å²) < 4.78 is 41.1. The van der Waals surface area contributed by atoms with Gasteiger partial charge in [-0.2, -0.15) is 13.2 Å². The summed E-state index contributed by atoms with van der Waals surface area (Å²) in [4.78, 5) is 33.4. The highest BCUT2D eigenvalue weighted by Gasteiger charge is 2.46. The Kier molecular flexibility index (Phi) is 6.58. The van der Waals surface area contributed by atoms with Gasteiger partial charge in [0.15, 0.2) is 0 Å². The molecule has 0 atom stereocenters. The van der Waals surface area contributed by atoms with Gasteiger partial charge in [0.25, 0.3) is 11.7 Å². The van der Waals surface area contributed by atoms with Crippen LogP contribution >= 0.6 is 11.3 Å². The number of hydrogen-bond donors (Lipinski definition) is 1. The number of Topliss-reactive ketones (excluding diaryl/α,β-unsaturated/α-hetero) is 1. The van der Waals surface area contributed by atoms with Crippen molar-refractivity contribution in [2.45, 2.75) is 13.1 Å². The molecule has 0 aliphatic carbocycles. The van der Waals surface area contributed by atoms with Crippen molar-refractivity contribution in [1.29, 1.82) is 0 Å². The van der Waals surface area contributed by atoms with E-state index in [2.05, 4.69) is 9.88 Å². The zero-order chi connectivity index (χ0) is 24.5. The van der Waals surface area contributed by atoms with Crippen LogP contribution in [0.1, 0.15) is 6.92 Å². The predicted octanol–water partition coefficient (Wildman–Crippen LogP) is 3.73. The summed E-state index contributed by atoms with van der Waals surface area (Å²) in [5.41, 5.74) is 0.488. The number of alkyl halides is 3. The van der Waals surface area contributed by atoms with Gasteiger partial charge >= 0.3 is 6.18 Å². The van der Waals surface area contributed by atoms with Gasteiger partial charge in [-0.3, -0.25) is 9.59 Å². The standard InChI is InChI=1S/C23H22F3N5O2S/c1-15(29-11-13-30(14-12-29)16-7-3-2-4-8-16)19(20(32)23(24,25)26)21(33)31(27)22-28-17-9-5-6-10-18(17)34-22/h2-10H,11-14,27H2,1H3. The minimum absolute atomic E-state index is 0.000344. The Morgan fingerprint density at radius 1 is 1.00 bits per heavy atom. The number of allylic oxidation sites excluding steroid dienone is 1. The van der Waals surface area contributed by atoms with Crippen LogP contribution in [0.5, 0.6) is 0 Å². The van der Waals surface area contributed by atoms with Crippen molar-refractivity contribution in [2.24, 2.45) is 5.84 Å². The van der Waals surface area contributed by atoms with E-state index in [1.54, 1.807) is 29.2 Å². The molecule has 1 fully saturated rings. The van der Waals surface area contributed by atoms with Crippen LogP contribution in [0, 0.1) is 0 Å². The maximum absolute atomic E-state index is 13.5. The summed E-state index contributed by atoms with van der Waals surface area (Å²) in [5.74, 6) is 2.43. The number of rotatable bonds is 5. The second-order valence-electron chi connectivity index (χ2n) is 7.74. The third kappa shape index (κ3) is 4.75. The molecule has 0 bridgehead atoms. The van der Waals surface area contributed by atoms with E-state index in [0.29, 0.717) is 41.4 Å². The molecule has 2 aromatic carbocycles. The Balaban J connectivity index is 1.62. The number of fused-ring (bicyclic) bond motifs is 1. The monoisotopic (exact) mass is 489 g/mol. The number of nitrogens with two attached hydrogens (primary N) is 1. The molecule has 0 radical (unpaired) electrons. The van der Waals surface area contributed by atoms with Crippen LogP contribution in [-0.2, 0) is 9.59 Å². The Bertz CT molecular complexity index is 1200. The first-order chi connectivity index (χ1) is 16.2. The van der Waals surface area contributed by atoms with E-state index in [1.165, 1.54) is 6.92 Å². The second-order valence-corrected chi connectivity index (χ2v) is 8.75. The first kappa shape index (κ1) is 23.7. The molecule has 2 N–H and O–H groups in total. The fourth-order valence-corrected chi connectivity index (χ4v) is 4.71. The van der Waals surface area contributed by atoms with Crippen LogP contribution < -0.4 is 15.8 Å². The quantitative estimate of drug-likeness (QED) is 0.147. The van der Waals surface area contributed by atoms with Crippen molar-refractivity contribution in [3.8, 4) is 0 Å². The number of benzene rings is 2. The number of ketones is 1. The van der Waals surface area contributed by atoms with Crippen LogP contribution in [-0.4, -0.2) is 53.9 Å². The number of halogens is 3. The number of aromatic nitrogens is 1. The van der Waals surface area contributed by atoms with E-state index in [-0.39, 0.29) is 10.8 Å². The maximum Gasteiger partial charge on any atom is 0.455 e. The highest BCUT2D eigenvalue weighted by molar-refractivity contribution is 7.22. The largest absolute Gasteiger partial charge is 0.455 e. The summed E-state index contributed by atoms with van der Waals surface area (Å²) in [6.07, 6.45) is -5.23. The van der Waals surface area contributed by atoms with E-state index < -0.39 is 23.4 Å². The summed E-state index contributed by atoms with van der Waals surface area (Å²) >= 11 is 1.05. The second kappa shape index (κ2) is 9.43. The SMILES string of the molecule is CC(=C(C(=O)N(N)c1nc2ccccc2s1)C(=O)C(F)(F)F)N1CCN(c2ccccc2)CC1. The van der Waals surface area contributed by atoms with Crippen molar-refractivity contribution >= 4 is 44.1 Å². The summed E-state index contributed by atoms with van der Waals surface area (Å²) in [5, 5.41) is 0.522. The van der Waals surface area contributed by atoms with Gasteiger partial charge < -0.3 is 9.80 Å². The number of para-hydroxylation sites is 2. The van der Waals surface area contributed by atoms with Crippen molar-refractivity contribution in [3.05, 3.63) is 65.9 Å². The van der Waals surface area contributed by atoms with Gasteiger partial charge in [-0.05, 0) is 31.2 Å². The molecular weight excluding hydrogens is 467 g/mol. The number of hydrazine groups is 1. The lowest BCUT2D eigenvalue weighted by atomic mass is 10.1. The highest BCUT2D eigenvalue weighted by Crippen LogP contribution is 2.31. The third-order valence-corrected chi connectivity index (χ3v) is 6.68. The molecule has 4 rings (SSSR count). The van der Waals surface area contributed by atoms with E-state index in [0.717, 1.165) is 17.0 Å². The first-order valence-electron chi connectivity index (χ1n) is 10.5. The highest BCUT2D eigenvalue weighted by atomic mass is 32.1. The molecule has 34 heavy (non-hydrogen) atoms. The van der Waals surface area contributed by atoms with Crippen LogP contribution in [0.15, 0.2) is 65.9 Å². The van der Waals surface area contributed by atoms with Crippen LogP contribution in [0.25, 0.3) is 10.2 Å². The molecule has 1 aliphatic heterocycles. The molecule has 7 nitrogen and oxygen atoms in total. The lowest BCUT2D eigenvalue weighted by Gasteiger charge is -2.38. The van der Waals surface area contributed by atoms with Crippen LogP contribution in [0.2, 0.25) is 0 Å². The number of hydrogen-bond acceptors (Lipinski definition) is 7. The van der Waals surface area contributed by atoms with E-state index in [9.17, 15) is 22.8 Å². The smallest absolute Gasteiger partial charge is 0.371 e. The van der Waals surface area contributed by atoms with Gasteiger partial charge in [0.1, 0.15) is 5.57 Å². The molecule has 0 saturated carbocycles. The topological polar surface area (TPSA) is 82.8 Å². The van der Waals surface area contributed by atoms with Crippen molar-refractivity contribution in [1.82, 2.24) is 9.88 Å². The van der Waals surface area contributed by atoms with E-state index in [1.807, 2.05) is 30.3 Å². The molecule has 11 heteroatoms. The number of thiazole rings is 1. The van der Waals surface area contributed by atoms with Gasteiger partial charge in [0.05, 0.1) is 10.2 Å². The van der Waals surface area contributed by atoms with Crippen LogP contribution in [0.3, 0.4) is 0 Å². The third-order valence-electron chi connectivity index (χ3n) is 5.64. The van der Waals surface area contributed by atoms with Gasteiger partial charge in [-0.25, -0.2) is 15.8 Å². The van der Waals surface area contributed by atoms with Crippen molar-refractivity contribution in [3.63, 3.8) is 0 Å². The summed E-state index contributed by atoms with van der Waals surface area (Å²) in [7, 11) is 0. The Hall–Kier alpha value is -3.44. The average Bonchev–Trinajstić information content (AvgIpc) is 3.28. The molecule has 1 saturated heterocycles.